The predicted octanol–water partition coefficient (Wildman–Crippen LogP) is 6.83. The molecule has 0 nitrogen and oxygen atoms in total. The van der Waals surface area contributed by atoms with Crippen LogP contribution in [0.4, 0.5) is 0 Å². The van der Waals surface area contributed by atoms with E-state index < -0.39 is 0 Å². The number of benzene rings is 2. The molecule has 5 rings (SSSR count). The van der Waals surface area contributed by atoms with Gasteiger partial charge in [0.05, 0.1) is 9.52 Å². The molecule has 2 radical (unpaired) electrons. The minimum Gasteiger partial charge on any atom is -0.0983 e. The minimum atomic E-state index is 0.547. The van der Waals surface area contributed by atoms with Crippen LogP contribution in [0.2, 0.25) is 0 Å². The van der Waals surface area contributed by atoms with Gasteiger partial charge in [-0.2, -0.15) is 0 Å². The third-order valence-corrected chi connectivity index (χ3v) is 9.25. The largest absolute Gasteiger partial charge is 0.0983 e. The van der Waals surface area contributed by atoms with Gasteiger partial charge < -0.3 is 0 Å². The molecule has 3 aliphatic rings. The van der Waals surface area contributed by atoms with Crippen LogP contribution < -0.4 is 0 Å². The van der Waals surface area contributed by atoms with Gasteiger partial charge >= 0.3 is 0 Å². The van der Waals surface area contributed by atoms with E-state index in [9.17, 15) is 0 Å². The topological polar surface area (TPSA) is 0 Å². The summed E-state index contributed by atoms with van der Waals surface area (Å²) >= 11 is 1.99. The molecule has 1 aliphatic heterocycles. The average Bonchev–Trinajstić information content (AvgIpc) is 3.21. The molecule has 2 atom stereocenters. The van der Waals surface area contributed by atoms with Gasteiger partial charge in [0.1, 0.15) is 0 Å². The average molecular weight is 371 g/mol. The Labute approximate surface area is 162 Å². The fourth-order valence-corrected chi connectivity index (χ4v) is 7.60. The highest BCUT2D eigenvalue weighted by molar-refractivity contribution is 8.07. The highest BCUT2D eigenvalue weighted by atomic mass is 32.2. The van der Waals surface area contributed by atoms with Gasteiger partial charge in [-0.05, 0) is 54.5 Å². The number of allylic oxidation sites excluding steroid dienone is 7. The van der Waals surface area contributed by atoms with Crippen molar-refractivity contribution >= 4 is 38.1 Å². The Morgan fingerprint density at radius 2 is 1.69 bits per heavy atom. The van der Waals surface area contributed by atoms with Crippen molar-refractivity contribution in [1.82, 2.24) is 0 Å². The van der Waals surface area contributed by atoms with Gasteiger partial charge in [0.2, 0.25) is 0 Å². The first-order valence-electron chi connectivity index (χ1n) is 9.28. The molecule has 128 valence electrons. The van der Waals surface area contributed by atoms with Gasteiger partial charge in [0, 0.05) is 16.4 Å². The summed E-state index contributed by atoms with van der Waals surface area (Å²) < 4.78 is 0. The molecule has 2 aliphatic carbocycles. The second-order valence-electron chi connectivity index (χ2n) is 7.67. The van der Waals surface area contributed by atoms with E-state index >= 15 is 0 Å². The van der Waals surface area contributed by atoms with E-state index in [0.29, 0.717) is 11.5 Å². The van der Waals surface area contributed by atoms with E-state index in [4.69, 9.17) is 0 Å². The first-order chi connectivity index (χ1) is 12.5. The zero-order chi connectivity index (χ0) is 18.0. The summed E-state index contributed by atoms with van der Waals surface area (Å²) in [7, 11) is 0.828. The van der Waals surface area contributed by atoms with Crippen molar-refractivity contribution < 1.29 is 0 Å². The van der Waals surface area contributed by atoms with Crippen LogP contribution in [0.3, 0.4) is 0 Å². The van der Waals surface area contributed by atoms with Crippen LogP contribution in [0.25, 0.3) is 16.8 Å². The minimum absolute atomic E-state index is 0.547. The molecule has 0 fully saturated rings. The van der Waals surface area contributed by atoms with Crippen LogP contribution in [0, 0.1) is 5.92 Å². The summed E-state index contributed by atoms with van der Waals surface area (Å²) in [5.74, 6) is 0.573. The Bertz CT molecular complexity index is 1080. The van der Waals surface area contributed by atoms with Crippen molar-refractivity contribution in [1.29, 1.82) is 0 Å². The first kappa shape index (κ1) is 16.4. The lowest BCUT2D eigenvalue weighted by Gasteiger charge is -2.16. The molecule has 2 heteroatoms. The third-order valence-electron chi connectivity index (χ3n) is 6.13. The van der Waals surface area contributed by atoms with Crippen molar-refractivity contribution in [2.45, 2.75) is 33.2 Å². The van der Waals surface area contributed by atoms with Crippen LogP contribution in [0.5, 0.6) is 0 Å². The molecule has 0 saturated carbocycles. The highest BCUT2D eigenvalue weighted by Crippen LogP contribution is 2.53. The monoisotopic (exact) mass is 370 g/mol. The Morgan fingerprint density at radius 1 is 0.885 bits per heavy atom. The van der Waals surface area contributed by atoms with E-state index in [2.05, 4.69) is 76.2 Å². The standard InChI is InChI=1S/C24H22SSi/c1-13-11-20-18-8-6-5-7-17(18)9-10-19(20)24(13)26-22-12-21-23(15(22)3)14(2)16(4)25-21/h5-12,23-24H,1-4H3. The summed E-state index contributed by atoms with van der Waals surface area (Å²) in [5, 5.41) is 4.33. The molecular formula is C24H22SSi. The van der Waals surface area contributed by atoms with E-state index in [1.165, 1.54) is 32.4 Å². The van der Waals surface area contributed by atoms with Gasteiger partial charge in [-0.15, -0.1) is 0 Å². The van der Waals surface area contributed by atoms with Gasteiger partial charge in [0.15, 0.2) is 0 Å². The van der Waals surface area contributed by atoms with Crippen LogP contribution in [-0.4, -0.2) is 9.52 Å². The van der Waals surface area contributed by atoms with E-state index in [-0.39, 0.29) is 0 Å². The number of thioether (sulfide) groups is 1. The van der Waals surface area contributed by atoms with Crippen molar-refractivity contribution in [3.63, 3.8) is 0 Å². The second-order valence-corrected chi connectivity index (χ2v) is 10.4. The Balaban J connectivity index is 1.54. The van der Waals surface area contributed by atoms with Crippen molar-refractivity contribution in [3.8, 4) is 0 Å². The lowest BCUT2D eigenvalue weighted by atomic mass is 9.96. The quantitative estimate of drug-likeness (QED) is 0.522. The molecule has 0 amide bonds. The van der Waals surface area contributed by atoms with E-state index in [0.717, 1.165) is 9.52 Å². The molecule has 2 unspecified atom stereocenters. The maximum Gasteiger partial charge on any atom is 0.0944 e. The lowest BCUT2D eigenvalue weighted by Crippen LogP contribution is -2.11. The molecule has 1 heterocycles. The molecule has 0 bridgehead atoms. The number of hydrogen-bond donors (Lipinski definition) is 0. The fourth-order valence-electron chi connectivity index (χ4n) is 4.58. The predicted molar refractivity (Wildman–Crippen MR) is 116 cm³/mol. The van der Waals surface area contributed by atoms with Crippen LogP contribution in [0.1, 0.15) is 44.4 Å². The summed E-state index contributed by atoms with van der Waals surface area (Å²) in [5.41, 5.74) is 8.17. The molecular weight excluding hydrogens is 348 g/mol. The molecule has 2 aromatic carbocycles. The summed E-state index contributed by atoms with van der Waals surface area (Å²) in [6, 6.07) is 13.4. The number of fused-ring (bicyclic) bond motifs is 4. The molecule has 0 spiro atoms. The summed E-state index contributed by atoms with van der Waals surface area (Å²) in [6.45, 7) is 9.24. The molecule has 2 aromatic rings. The smallest absolute Gasteiger partial charge is 0.0944 e. The molecule has 0 aromatic heterocycles. The number of rotatable bonds is 2. The van der Waals surface area contributed by atoms with Crippen molar-refractivity contribution in [2.75, 3.05) is 0 Å². The SMILES string of the molecule is CC1=Cc2c(ccc3ccccc23)C1[Si]C1=C(C)C2C(=C1)SC(C)=C2C. The van der Waals surface area contributed by atoms with Crippen LogP contribution in [-0.2, 0) is 0 Å². The number of hydrogen-bond acceptors (Lipinski definition) is 1. The summed E-state index contributed by atoms with van der Waals surface area (Å²) in [6.07, 6.45) is 4.92. The highest BCUT2D eigenvalue weighted by Gasteiger charge is 2.35. The molecule has 0 N–H and O–H groups in total. The van der Waals surface area contributed by atoms with Gasteiger partial charge in [-0.3, -0.25) is 0 Å². The van der Waals surface area contributed by atoms with Gasteiger partial charge in [0.25, 0.3) is 0 Å². The van der Waals surface area contributed by atoms with Gasteiger partial charge in [-0.25, -0.2) is 0 Å². The van der Waals surface area contributed by atoms with Crippen LogP contribution >= 0.6 is 11.8 Å². The zero-order valence-electron chi connectivity index (χ0n) is 15.7. The second kappa shape index (κ2) is 5.87. The first-order valence-corrected chi connectivity index (χ1v) is 11.2. The normalized spacial score (nSPS) is 24.3. The Morgan fingerprint density at radius 3 is 2.50 bits per heavy atom. The Kier molecular flexibility index (Phi) is 3.70. The maximum atomic E-state index is 2.50. The van der Waals surface area contributed by atoms with Gasteiger partial charge in [-0.1, -0.05) is 82.2 Å². The van der Waals surface area contributed by atoms with E-state index in [1.54, 1.807) is 21.2 Å². The van der Waals surface area contributed by atoms with Crippen molar-refractivity contribution in [2.24, 2.45) is 5.92 Å². The maximum absolute atomic E-state index is 2.50. The summed E-state index contributed by atoms with van der Waals surface area (Å²) in [4.78, 5) is 3.05. The van der Waals surface area contributed by atoms with Crippen LogP contribution in [0.15, 0.2) is 74.2 Å². The third kappa shape index (κ3) is 2.28. The fraction of sp³-hybridized carbons (Fsp3) is 0.250. The van der Waals surface area contributed by atoms with E-state index in [1.807, 2.05) is 11.8 Å². The molecule has 0 saturated heterocycles. The van der Waals surface area contributed by atoms with Crippen molar-refractivity contribution in [3.05, 3.63) is 85.3 Å². The lowest BCUT2D eigenvalue weighted by molar-refractivity contribution is 0.901. The Hall–Kier alpha value is -1.77. The molecule has 26 heavy (non-hydrogen) atoms. The zero-order valence-corrected chi connectivity index (χ0v) is 17.5.